The number of aromatic nitrogens is 18. The Bertz CT molecular complexity index is 572. The standard InChI is InChI=1S/2C3H3N3.3C2H2N4/c1-4-2-6-3-5-1;1-2-5-6-3-4-1;1-3-5-2-6-4-1;1-3-2-5-6-4-1;1-2-4-6-5-3-1/h2*1-3H;3*1-2H. The van der Waals surface area contributed by atoms with Crippen LogP contribution in [0.1, 0.15) is 0 Å². The van der Waals surface area contributed by atoms with E-state index in [-0.39, 0.29) is 0 Å². The third kappa shape index (κ3) is 17.7. The first kappa shape index (κ1) is 22.9. The van der Waals surface area contributed by atoms with Crippen LogP contribution in [0, 0.1) is 0 Å². The molecule has 0 aliphatic carbocycles. The Labute approximate surface area is 167 Å². The van der Waals surface area contributed by atoms with Crippen molar-refractivity contribution >= 4 is 0 Å². The van der Waals surface area contributed by atoms with Crippen molar-refractivity contribution in [1.82, 2.24) is 91.5 Å². The van der Waals surface area contributed by atoms with Crippen LogP contribution in [-0.4, -0.2) is 91.5 Å². The summed E-state index contributed by atoms with van der Waals surface area (Å²) >= 11 is 0. The van der Waals surface area contributed by atoms with Crippen molar-refractivity contribution < 1.29 is 0 Å². The lowest BCUT2D eigenvalue weighted by molar-refractivity contribution is 0.761. The number of rotatable bonds is 0. The van der Waals surface area contributed by atoms with Crippen LogP contribution in [0.2, 0.25) is 0 Å². The molecule has 0 atom stereocenters. The molecule has 0 aliphatic rings. The van der Waals surface area contributed by atoms with E-state index in [1.54, 1.807) is 6.20 Å². The van der Waals surface area contributed by atoms with E-state index >= 15 is 0 Å². The summed E-state index contributed by atoms with van der Waals surface area (Å²) in [6, 6.07) is 0. The largest absolute Gasteiger partial charge is 0.241 e. The fraction of sp³-hybridized carbons (Fsp3) is 0. The molecule has 5 aromatic rings. The lowest BCUT2D eigenvalue weighted by Crippen LogP contribution is -1.84. The molecule has 18 nitrogen and oxygen atoms in total. The molecule has 5 rings (SSSR count). The molecule has 0 aromatic carbocycles. The van der Waals surface area contributed by atoms with Gasteiger partial charge < -0.3 is 0 Å². The lowest BCUT2D eigenvalue weighted by Gasteiger charge is -1.69. The van der Waals surface area contributed by atoms with E-state index in [9.17, 15) is 0 Å². The van der Waals surface area contributed by atoms with Crippen LogP contribution >= 0.6 is 0 Å². The molecule has 0 fully saturated rings. The lowest BCUT2D eigenvalue weighted by atomic mass is 10.9. The Morgan fingerprint density at radius 3 is 0.833 bits per heavy atom. The van der Waals surface area contributed by atoms with Gasteiger partial charge in [0.1, 0.15) is 38.0 Å². The van der Waals surface area contributed by atoms with E-state index in [4.69, 9.17) is 0 Å². The zero-order valence-corrected chi connectivity index (χ0v) is 15.0. The fourth-order valence-corrected chi connectivity index (χ4v) is 0.906. The predicted molar refractivity (Wildman–Crippen MR) is 92.5 cm³/mol. The summed E-state index contributed by atoms with van der Waals surface area (Å²) < 4.78 is 0. The van der Waals surface area contributed by atoms with Crippen molar-refractivity contribution in [1.29, 1.82) is 0 Å². The minimum atomic E-state index is 1.28. The Hall–Kier alpha value is -5.16. The van der Waals surface area contributed by atoms with Gasteiger partial charge in [0.05, 0.1) is 18.6 Å². The summed E-state index contributed by atoms with van der Waals surface area (Å²) in [7, 11) is 0. The molecule has 0 spiro atoms. The summed E-state index contributed by atoms with van der Waals surface area (Å²) in [6.45, 7) is 0. The van der Waals surface area contributed by atoms with Gasteiger partial charge in [0, 0.05) is 6.20 Å². The molecular weight excluding hydrogens is 396 g/mol. The third-order valence-corrected chi connectivity index (χ3v) is 1.83. The van der Waals surface area contributed by atoms with Gasteiger partial charge in [-0.25, -0.2) is 24.9 Å². The van der Waals surface area contributed by atoms with E-state index < -0.39 is 0 Å². The molecule has 0 N–H and O–H groups in total. The maximum Gasteiger partial charge on any atom is 0.160 e. The van der Waals surface area contributed by atoms with Gasteiger partial charge in [0.2, 0.25) is 0 Å². The van der Waals surface area contributed by atoms with Crippen LogP contribution in [0.3, 0.4) is 0 Å². The maximum atomic E-state index is 3.61. The summed E-state index contributed by atoms with van der Waals surface area (Å²) in [5.74, 6) is 0. The summed E-state index contributed by atoms with van der Waals surface area (Å²) in [5, 5.41) is 43.3. The predicted octanol–water partition coefficient (Wildman–Crippen LogP) is -2.46. The highest BCUT2D eigenvalue weighted by Crippen LogP contribution is 1.59. The van der Waals surface area contributed by atoms with Crippen molar-refractivity contribution in [2.75, 3.05) is 0 Å². The minimum Gasteiger partial charge on any atom is -0.241 e. The second-order valence-corrected chi connectivity index (χ2v) is 3.69. The van der Waals surface area contributed by atoms with E-state index in [1.807, 2.05) is 0 Å². The molecule has 0 aliphatic heterocycles. The Kier molecular flexibility index (Phi) is 15.4. The molecule has 0 bridgehead atoms. The highest BCUT2D eigenvalue weighted by molar-refractivity contribution is 4.59. The summed E-state index contributed by atoms with van der Waals surface area (Å²) in [5.41, 5.74) is 0. The fourth-order valence-electron chi connectivity index (χ4n) is 0.906. The second kappa shape index (κ2) is 20.2. The molecule has 0 saturated carbocycles. The van der Waals surface area contributed by atoms with Gasteiger partial charge in [0.25, 0.3) is 0 Å². The minimum absolute atomic E-state index is 1.28. The van der Waals surface area contributed by atoms with Gasteiger partial charge in [-0.15, -0.1) is 45.9 Å². The van der Waals surface area contributed by atoms with Crippen LogP contribution < -0.4 is 0 Å². The first-order valence-corrected chi connectivity index (χ1v) is 7.43. The summed E-state index contributed by atoms with van der Waals surface area (Å²) in [6.07, 6.45) is 16.9. The molecule has 18 heteroatoms. The molecule has 0 radical (unpaired) electrons. The Morgan fingerprint density at radius 1 is 0.233 bits per heavy atom. The third-order valence-electron chi connectivity index (χ3n) is 1.83. The zero-order chi connectivity index (χ0) is 21.2. The molecule has 0 amide bonds. The van der Waals surface area contributed by atoms with Gasteiger partial charge in [-0.05, 0) is 15.6 Å². The Balaban J connectivity index is 0.000000187. The number of hydrogen-bond donors (Lipinski definition) is 0. The first-order valence-electron chi connectivity index (χ1n) is 7.43. The molecule has 0 saturated heterocycles. The normalized spacial score (nSPS) is 8.00. The highest BCUT2D eigenvalue weighted by Gasteiger charge is 1.63. The van der Waals surface area contributed by atoms with E-state index in [1.165, 1.54) is 69.2 Å². The van der Waals surface area contributed by atoms with Crippen LogP contribution in [0.5, 0.6) is 0 Å². The molecule has 5 heterocycles. The maximum absolute atomic E-state index is 3.61. The second-order valence-electron chi connectivity index (χ2n) is 3.69. The SMILES string of the molecule is c1cnncn1.c1cnnnn1.c1ncncn1.c1ncnnn1.c1nncnn1. The average Bonchev–Trinajstić information content (AvgIpc) is 2.91. The quantitative estimate of drug-likeness (QED) is 0.258. The first-order chi connectivity index (χ1) is 15.0. The molecule has 30 heavy (non-hydrogen) atoms. The Morgan fingerprint density at radius 2 is 0.667 bits per heavy atom. The molecule has 150 valence electrons. The molecular formula is C12H12N18. The van der Waals surface area contributed by atoms with E-state index in [2.05, 4.69) is 91.5 Å². The van der Waals surface area contributed by atoms with Crippen molar-refractivity contribution in [3.63, 3.8) is 0 Å². The van der Waals surface area contributed by atoms with E-state index in [0.29, 0.717) is 0 Å². The zero-order valence-electron chi connectivity index (χ0n) is 15.0. The van der Waals surface area contributed by atoms with Crippen LogP contribution in [0.4, 0.5) is 0 Å². The van der Waals surface area contributed by atoms with Gasteiger partial charge >= 0.3 is 0 Å². The highest BCUT2D eigenvalue weighted by atomic mass is 15.4. The topological polar surface area (TPSA) is 232 Å². The van der Waals surface area contributed by atoms with Crippen molar-refractivity contribution in [2.45, 2.75) is 0 Å². The molecule has 0 unspecified atom stereocenters. The van der Waals surface area contributed by atoms with Crippen molar-refractivity contribution in [2.24, 2.45) is 0 Å². The number of nitrogens with zero attached hydrogens (tertiary/aromatic N) is 18. The van der Waals surface area contributed by atoms with Crippen molar-refractivity contribution in [3.8, 4) is 0 Å². The number of hydrogen-bond acceptors (Lipinski definition) is 18. The smallest absolute Gasteiger partial charge is 0.160 e. The van der Waals surface area contributed by atoms with Gasteiger partial charge in [0.15, 0.2) is 12.7 Å². The van der Waals surface area contributed by atoms with Crippen molar-refractivity contribution in [3.05, 3.63) is 75.4 Å². The van der Waals surface area contributed by atoms with E-state index in [0.717, 1.165) is 0 Å². The average molecular weight is 408 g/mol. The monoisotopic (exact) mass is 408 g/mol. The van der Waals surface area contributed by atoms with Crippen LogP contribution in [0.25, 0.3) is 0 Å². The van der Waals surface area contributed by atoms with Crippen LogP contribution in [-0.2, 0) is 0 Å². The van der Waals surface area contributed by atoms with Gasteiger partial charge in [-0.2, -0.15) is 5.10 Å². The van der Waals surface area contributed by atoms with Crippen LogP contribution in [0.15, 0.2) is 75.4 Å². The summed E-state index contributed by atoms with van der Waals surface area (Å²) in [4.78, 5) is 17.8. The van der Waals surface area contributed by atoms with Gasteiger partial charge in [-0.3, -0.25) is 0 Å². The molecule has 5 aromatic heterocycles. The van der Waals surface area contributed by atoms with Gasteiger partial charge in [-0.1, -0.05) is 0 Å².